The van der Waals surface area contributed by atoms with Gasteiger partial charge in [-0.3, -0.25) is 4.79 Å². The van der Waals surface area contributed by atoms with Gasteiger partial charge in [-0.05, 0) is 45.4 Å². The molecule has 0 aromatic heterocycles. The Morgan fingerprint density at radius 3 is 2.54 bits per heavy atom. The Labute approximate surface area is 141 Å². The molecule has 0 radical (unpaired) electrons. The molecule has 1 aliphatic rings. The average Bonchev–Trinajstić information content (AvgIpc) is 2.96. The number of carbonyl (C=O) groups is 2. The minimum absolute atomic E-state index is 0.0369. The van der Waals surface area contributed by atoms with Crippen molar-refractivity contribution in [1.29, 1.82) is 0 Å². The molecule has 1 atom stereocenters. The van der Waals surface area contributed by atoms with E-state index in [9.17, 15) is 18.0 Å². The third-order valence-corrected chi connectivity index (χ3v) is 5.86. The highest BCUT2D eigenvalue weighted by atomic mass is 32.2. The molecule has 1 fully saturated rings. The van der Waals surface area contributed by atoms with E-state index in [0.717, 1.165) is 0 Å². The number of sulfone groups is 1. The molecule has 1 aliphatic heterocycles. The van der Waals surface area contributed by atoms with Crippen molar-refractivity contribution in [3.8, 4) is 0 Å². The molecule has 0 bridgehead atoms. The smallest absolute Gasteiger partial charge is 0.410 e. The van der Waals surface area contributed by atoms with Crippen molar-refractivity contribution in [3.63, 3.8) is 0 Å². The Kier molecular flexibility index (Phi) is 4.89. The van der Waals surface area contributed by atoms with Crippen LogP contribution in [0.15, 0.2) is 29.2 Å². The lowest BCUT2D eigenvalue weighted by Gasteiger charge is -2.24. The Hall–Kier alpha value is -2.09. The molecule has 132 valence electrons. The highest BCUT2D eigenvalue weighted by Gasteiger charge is 2.37. The lowest BCUT2D eigenvalue weighted by atomic mass is 10.2. The van der Waals surface area contributed by atoms with E-state index in [1.54, 1.807) is 20.8 Å². The zero-order chi connectivity index (χ0) is 18.1. The molecule has 2 rings (SSSR count). The van der Waals surface area contributed by atoms with Gasteiger partial charge < -0.3 is 15.4 Å². The van der Waals surface area contributed by atoms with Gasteiger partial charge in [-0.1, -0.05) is 6.07 Å². The van der Waals surface area contributed by atoms with Crippen LogP contribution in [0, 0.1) is 0 Å². The number of likely N-dealkylation sites (tertiary alicyclic amines) is 1. The van der Waals surface area contributed by atoms with Crippen LogP contribution < -0.4 is 5.73 Å². The number of nitrogens with zero attached hydrogens (tertiary/aromatic N) is 1. The summed E-state index contributed by atoms with van der Waals surface area (Å²) >= 11 is 0. The molecular weight excluding hydrogens is 332 g/mol. The number of hydrogen-bond acceptors (Lipinski definition) is 5. The van der Waals surface area contributed by atoms with Gasteiger partial charge in [0.15, 0.2) is 9.84 Å². The molecule has 2 N–H and O–H groups in total. The molecular formula is C16H22N2O5S. The van der Waals surface area contributed by atoms with E-state index in [-0.39, 0.29) is 17.0 Å². The van der Waals surface area contributed by atoms with Crippen LogP contribution in [0.1, 0.15) is 37.6 Å². The molecule has 1 aromatic rings. The maximum Gasteiger partial charge on any atom is 0.410 e. The zero-order valence-corrected chi connectivity index (χ0v) is 14.8. The monoisotopic (exact) mass is 354 g/mol. The van der Waals surface area contributed by atoms with Crippen molar-refractivity contribution in [3.05, 3.63) is 29.8 Å². The average molecular weight is 354 g/mol. The van der Waals surface area contributed by atoms with Crippen molar-refractivity contribution in [1.82, 2.24) is 4.90 Å². The summed E-state index contributed by atoms with van der Waals surface area (Å²) in [6.45, 7) is 5.64. The minimum Gasteiger partial charge on any atom is -0.444 e. The van der Waals surface area contributed by atoms with Gasteiger partial charge in [-0.2, -0.15) is 0 Å². The van der Waals surface area contributed by atoms with Crippen molar-refractivity contribution in [2.45, 2.75) is 42.9 Å². The van der Waals surface area contributed by atoms with Crippen LogP contribution in [0.25, 0.3) is 0 Å². The van der Waals surface area contributed by atoms with Crippen LogP contribution in [0.3, 0.4) is 0 Å². The van der Waals surface area contributed by atoms with Crippen LogP contribution in [-0.4, -0.2) is 49.3 Å². The van der Waals surface area contributed by atoms with E-state index in [4.69, 9.17) is 10.5 Å². The van der Waals surface area contributed by atoms with Gasteiger partial charge in [0.2, 0.25) is 5.91 Å². The van der Waals surface area contributed by atoms with Crippen molar-refractivity contribution in [2.24, 2.45) is 5.73 Å². The number of ether oxygens (including phenoxy) is 1. The SMILES string of the molecule is CC(C)(C)OC(=O)N1CC[C@H](S(=O)(=O)c2cccc(C(N)=O)c2)C1. The molecule has 1 aromatic carbocycles. The van der Waals surface area contributed by atoms with E-state index in [1.807, 2.05) is 0 Å². The van der Waals surface area contributed by atoms with Gasteiger partial charge >= 0.3 is 6.09 Å². The summed E-state index contributed by atoms with van der Waals surface area (Å²) in [4.78, 5) is 24.7. The van der Waals surface area contributed by atoms with Crippen LogP contribution in [0.4, 0.5) is 4.79 Å². The predicted molar refractivity (Wildman–Crippen MR) is 88.4 cm³/mol. The largest absolute Gasteiger partial charge is 0.444 e. The summed E-state index contributed by atoms with van der Waals surface area (Å²) in [7, 11) is -3.66. The molecule has 1 saturated heterocycles. The highest BCUT2D eigenvalue weighted by Crippen LogP contribution is 2.25. The summed E-state index contributed by atoms with van der Waals surface area (Å²) in [5.74, 6) is -0.686. The van der Waals surface area contributed by atoms with Crippen molar-refractivity contribution in [2.75, 3.05) is 13.1 Å². The quantitative estimate of drug-likeness (QED) is 0.886. The first kappa shape index (κ1) is 18.3. The van der Waals surface area contributed by atoms with E-state index in [2.05, 4.69) is 0 Å². The first-order valence-electron chi connectivity index (χ1n) is 7.62. The number of carbonyl (C=O) groups excluding carboxylic acids is 2. The number of benzene rings is 1. The maximum atomic E-state index is 12.7. The molecule has 0 saturated carbocycles. The van der Waals surface area contributed by atoms with Gasteiger partial charge in [-0.15, -0.1) is 0 Å². The fraction of sp³-hybridized carbons (Fsp3) is 0.500. The van der Waals surface area contributed by atoms with E-state index in [0.29, 0.717) is 13.0 Å². The second-order valence-electron chi connectivity index (χ2n) is 6.77. The summed E-state index contributed by atoms with van der Waals surface area (Å²) in [5, 5.41) is -0.729. The first-order chi connectivity index (χ1) is 11.0. The molecule has 0 aliphatic carbocycles. The highest BCUT2D eigenvalue weighted by molar-refractivity contribution is 7.92. The minimum atomic E-state index is -3.66. The van der Waals surface area contributed by atoms with Crippen LogP contribution in [-0.2, 0) is 14.6 Å². The number of rotatable bonds is 3. The predicted octanol–water partition coefficient (Wildman–Crippen LogP) is 1.57. The summed E-state index contributed by atoms with van der Waals surface area (Å²) in [6, 6.07) is 5.64. The van der Waals surface area contributed by atoms with Gasteiger partial charge in [0.25, 0.3) is 0 Å². The van der Waals surface area contributed by atoms with Crippen LogP contribution in [0.2, 0.25) is 0 Å². The fourth-order valence-corrected chi connectivity index (χ4v) is 4.23. The molecule has 0 unspecified atom stereocenters. The fourth-order valence-electron chi connectivity index (χ4n) is 2.49. The normalized spacial score (nSPS) is 18.5. The third kappa shape index (κ3) is 4.05. The lowest BCUT2D eigenvalue weighted by Crippen LogP contribution is -2.36. The first-order valence-corrected chi connectivity index (χ1v) is 9.17. The summed E-state index contributed by atoms with van der Waals surface area (Å²) < 4.78 is 30.7. The van der Waals surface area contributed by atoms with Gasteiger partial charge in [0, 0.05) is 18.7 Å². The number of primary amides is 1. The van der Waals surface area contributed by atoms with Gasteiger partial charge in [0.1, 0.15) is 5.60 Å². The van der Waals surface area contributed by atoms with Crippen molar-refractivity contribution >= 4 is 21.8 Å². The van der Waals surface area contributed by atoms with E-state index < -0.39 is 32.7 Å². The van der Waals surface area contributed by atoms with Gasteiger partial charge in [0.05, 0.1) is 10.1 Å². The number of amides is 2. The molecule has 2 amide bonds. The third-order valence-electron chi connectivity index (χ3n) is 3.68. The summed E-state index contributed by atoms with van der Waals surface area (Å²) in [6.07, 6.45) is -0.200. The van der Waals surface area contributed by atoms with Crippen LogP contribution >= 0.6 is 0 Å². The number of hydrogen-bond donors (Lipinski definition) is 1. The summed E-state index contributed by atoms with van der Waals surface area (Å²) in [5.41, 5.74) is 4.70. The van der Waals surface area contributed by atoms with E-state index in [1.165, 1.54) is 29.2 Å². The molecule has 24 heavy (non-hydrogen) atoms. The Bertz CT molecular complexity index is 752. The Morgan fingerprint density at radius 2 is 1.96 bits per heavy atom. The van der Waals surface area contributed by atoms with Crippen molar-refractivity contribution < 1.29 is 22.7 Å². The topological polar surface area (TPSA) is 107 Å². The second kappa shape index (κ2) is 6.43. The second-order valence-corrected chi connectivity index (χ2v) is 9.00. The molecule has 7 nitrogen and oxygen atoms in total. The standard InChI is InChI=1S/C16H22N2O5S/c1-16(2,3)23-15(20)18-8-7-13(10-18)24(21,22)12-6-4-5-11(9-12)14(17)19/h4-6,9,13H,7-8,10H2,1-3H3,(H2,17,19)/t13-/m0/s1. The maximum absolute atomic E-state index is 12.7. The lowest BCUT2D eigenvalue weighted by molar-refractivity contribution is 0.0295. The van der Waals surface area contributed by atoms with Crippen LogP contribution in [0.5, 0.6) is 0 Å². The molecule has 0 spiro atoms. The van der Waals surface area contributed by atoms with Gasteiger partial charge in [-0.25, -0.2) is 13.2 Å². The molecule has 1 heterocycles. The zero-order valence-electron chi connectivity index (χ0n) is 14.0. The Balaban J connectivity index is 2.16. The molecule has 8 heteroatoms. The number of nitrogens with two attached hydrogens (primary N) is 1. The Morgan fingerprint density at radius 1 is 1.29 bits per heavy atom. The van der Waals surface area contributed by atoms with E-state index >= 15 is 0 Å².